The zero-order valence-corrected chi connectivity index (χ0v) is 10.0. The van der Waals surface area contributed by atoms with Crippen LogP contribution in [-0.4, -0.2) is 20.8 Å². The summed E-state index contributed by atoms with van der Waals surface area (Å²) >= 11 is 0. The third-order valence-corrected chi connectivity index (χ3v) is 2.75. The van der Waals surface area contributed by atoms with Gasteiger partial charge in [-0.1, -0.05) is 5.16 Å². The summed E-state index contributed by atoms with van der Waals surface area (Å²) < 4.78 is 6.43. The van der Waals surface area contributed by atoms with Crippen molar-refractivity contribution >= 4 is 5.97 Å². The molecule has 0 amide bonds. The van der Waals surface area contributed by atoms with Crippen LogP contribution in [0.3, 0.4) is 0 Å². The molecule has 6 nitrogen and oxygen atoms in total. The van der Waals surface area contributed by atoms with Gasteiger partial charge in [0.25, 0.3) is 5.56 Å². The fourth-order valence-electron chi connectivity index (χ4n) is 1.67. The summed E-state index contributed by atoms with van der Waals surface area (Å²) in [7, 11) is 0. The van der Waals surface area contributed by atoms with Crippen molar-refractivity contribution < 1.29 is 14.4 Å². The molecule has 0 fully saturated rings. The summed E-state index contributed by atoms with van der Waals surface area (Å²) in [5, 5.41) is 12.6. The number of carboxylic acids is 1. The van der Waals surface area contributed by atoms with E-state index in [-0.39, 0.29) is 11.1 Å². The predicted octanol–water partition coefficient (Wildman–Crippen LogP) is 1.20. The summed E-state index contributed by atoms with van der Waals surface area (Å²) in [6, 6.07) is 2.49. The highest BCUT2D eigenvalue weighted by Crippen LogP contribution is 2.13. The number of pyridine rings is 1. The monoisotopic (exact) mass is 248 g/mol. The second kappa shape index (κ2) is 4.48. The zero-order chi connectivity index (χ0) is 13.3. The molecule has 18 heavy (non-hydrogen) atoms. The van der Waals surface area contributed by atoms with E-state index in [2.05, 4.69) is 5.16 Å². The Morgan fingerprint density at radius 2 is 2.22 bits per heavy atom. The maximum absolute atomic E-state index is 11.7. The van der Waals surface area contributed by atoms with Gasteiger partial charge in [0.1, 0.15) is 5.76 Å². The van der Waals surface area contributed by atoms with Gasteiger partial charge in [-0.3, -0.25) is 4.79 Å². The molecule has 0 spiro atoms. The van der Waals surface area contributed by atoms with E-state index in [4.69, 9.17) is 9.63 Å². The van der Waals surface area contributed by atoms with Crippen LogP contribution >= 0.6 is 0 Å². The first-order valence-corrected chi connectivity index (χ1v) is 5.34. The molecule has 0 saturated carbocycles. The Bertz CT molecular complexity index is 635. The summed E-state index contributed by atoms with van der Waals surface area (Å²) in [5.74, 6) is -0.460. The fraction of sp³-hybridized carbons (Fsp3) is 0.250. The van der Waals surface area contributed by atoms with Gasteiger partial charge < -0.3 is 14.2 Å². The van der Waals surface area contributed by atoms with Crippen LogP contribution in [0.25, 0.3) is 0 Å². The fourth-order valence-corrected chi connectivity index (χ4v) is 1.67. The first-order chi connectivity index (χ1) is 8.49. The molecule has 0 radical (unpaired) electrons. The molecule has 2 rings (SSSR count). The molecule has 1 N–H and O–H groups in total. The van der Waals surface area contributed by atoms with E-state index in [0.717, 1.165) is 17.3 Å². The lowest BCUT2D eigenvalue weighted by molar-refractivity contribution is 0.0696. The molecule has 0 saturated heterocycles. The van der Waals surface area contributed by atoms with Gasteiger partial charge in [0.15, 0.2) is 0 Å². The Hall–Kier alpha value is -2.37. The van der Waals surface area contributed by atoms with E-state index < -0.39 is 5.97 Å². The van der Waals surface area contributed by atoms with Crippen molar-refractivity contribution in [2.75, 3.05) is 0 Å². The number of carboxylic acid groups (broad SMARTS) is 1. The van der Waals surface area contributed by atoms with Crippen LogP contribution in [0, 0.1) is 13.8 Å². The first kappa shape index (κ1) is 12.1. The van der Waals surface area contributed by atoms with Gasteiger partial charge in [-0.2, -0.15) is 0 Å². The summed E-state index contributed by atoms with van der Waals surface area (Å²) in [5.41, 5.74) is 1.17. The number of nitrogens with zero attached hydrogens (tertiary/aromatic N) is 2. The topological polar surface area (TPSA) is 85.3 Å². The normalized spacial score (nSPS) is 10.6. The number of hydrogen-bond donors (Lipinski definition) is 1. The van der Waals surface area contributed by atoms with Gasteiger partial charge >= 0.3 is 5.97 Å². The van der Waals surface area contributed by atoms with E-state index in [1.54, 1.807) is 13.8 Å². The van der Waals surface area contributed by atoms with E-state index in [9.17, 15) is 9.59 Å². The third-order valence-electron chi connectivity index (χ3n) is 2.75. The van der Waals surface area contributed by atoms with Gasteiger partial charge in [-0.15, -0.1) is 0 Å². The highest BCUT2D eigenvalue weighted by molar-refractivity contribution is 5.87. The van der Waals surface area contributed by atoms with Crippen LogP contribution in [0.2, 0.25) is 0 Å². The highest BCUT2D eigenvalue weighted by Gasteiger charge is 2.11. The van der Waals surface area contributed by atoms with Crippen LogP contribution in [0.15, 0.2) is 27.6 Å². The summed E-state index contributed by atoms with van der Waals surface area (Å²) in [6.45, 7) is 3.88. The number of rotatable bonds is 3. The van der Waals surface area contributed by atoms with Gasteiger partial charge in [-0.25, -0.2) is 4.79 Å². The van der Waals surface area contributed by atoms with Gasteiger partial charge in [0.2, 0.25) is 0 Å². The van der Waals surface area contributed by atoms with Crippen LogP contribution in [0.4, 0.5) is 0 Å². The Morgan fingerprint density at radius 1 is 1.50 bits per heavy atom. The number of aromatic nitrogens is 2. The molecule has 2 heterocycles. The van der Waals surface area contributed by atoms with Crippen molar-refractivity contribution in [1.82, 2.24) is 9.72 Å². The van der Waals surface area contributed by atoms with Crippen LogP contribution in [0.5, 0.6) is 0 Å². The molecule has 0 aliphatic heterocycles. The van der Waals surface area contributed by atoms with Crippen LogP contribution in [-0.2, 0) is 6.54 Å². The van der Waals surface area contributed by atoms with Crippen molar-refractivity contribution in [3.8, 4) is 0 Å². The summed E-state index contributed by atoms with van der Waals surface area (Å²) in [6.07, 6.45) is 1.46. The first-order valence-electron chi connectivity index (χ1n) is 5.34. The van der Waals surface area contributed by atoms with E-state index in [1.165, 1.54) is 16.8 Å². The molecule has 0 atom stereocenters. The molecule has 0 bridgehead atoms. The van der Waals surface area contributed by atoms with Crippen molar-refractivity contribution in [2.24, 2.45) is 0 Å². The predicted molar refractivity (Wildman–Crippen MR) is 62.7 cm³/mol. The largest absolute Gasteiger partial charge is 0.478 e. The molecular formula is C12H12N2O4. The maximum Gasteiger partial charge on any atom is 0.335 e. The van der Waals surface area contributed by atoms with Crippen molar-refractivity contribution in [1.29, 1.82) is 0 Å². The second-order valence-corrected chi connectivity index (χ2v) is 3.99. The Balaban J connectivity index is 2.36. The van der Waals surface area contributed by atoms with Crippen molar-refractivity contribution in [2.45, 2.75) is 20.4 Å². The molecular weight excluding hydrogens is 236 g/mol. The van der Waals surface area contributed by atoms with Gasteiger partial charge in [0, 0.05) is 17.8 Å². The number of hydrogen-bond acceptors (Lipinski definition) is 4. The lowest BCUT2D eigenvalue weighted by atomic mass is 10.2. The van der Waals surface area contributed by atoms with Crippen molar-refractivity contribution in [3.63, 3.8) is 0 Å². The lowest BCUT2D eigenvalue weighted by Crippen LogP contribution is -2.21. The Morgan fingerprint density at radius 3 is 2.72 bits per heavy atom. The zero-order valence-electron chi connectivity index (χ0n) is 10.0. The molecule has 0 unspecified atom stereocenters. The quantitative estimate of drug-likeness (QED) is 0.882. The summed E-state index contributed by atoms with van der Waals surface area (Å²) in [4.78, 5) is 22.5. The average Bonchev–Trinajstić information content (AvgIpc) is 2.63. The molecule has 2 aromatic heterocycles. The lowest BCUT2D eigenvalue weighted by Gasteiger charge is -2.05. The third kappa shape index (κ3) is 2.17. The minimum absolute atomic E-state index is 0.0185. The smallest absolute Gasteiger partial charge is 0.335 e. The number of aromatic carboxylic acids is 1. The SMILES string of the molecule is Cc1noc(C)c1Cn1ccc(C(=O)O)cc1=O. The Labute approximate surface area is 102 Å². The molecule has 0 aliphatic rings. The minimum Gasteiger partial charge on any atom is -0.478 e. The van der Waals surface area contributed by atoms with Crippen molar-refractivity contribution in [3.05, 3.63) is 51.3 Å². The molecule has 0 aromatic carbocycles. The molecule has 94 valence electrons. The minimum atomic E-state index is -1.11. The van der Waals surface area contributed by atoms with E-state index >= 15 is 0 Å². The maximum atomic E-state index is 11.7. The Kier molecular flexibility index (Phi) is 3.01. The van der Waals surface area contributed by atoms with E-state index in [1.807, 2.05) is 0 Å². The average molecular weight is 248 g/mol. The second-order valence-electron chi connectivity index (χ2n) is 3.99. The molecule has 0 aliphatic carbocycles. The number of aryl methyl sites for hydroxylation is 2. The highest BCUT2D eigenvalue weighted by atomic mass is 16.5. The van der Waals surface area contributed by atoms with Crippen LogP contribution in [0.1, 0.15) is 27.4 Å². The molecule has 6 heteroatoms. The standard InChI is InChI=1S/C12H12N2O4/c1-7-10(8(2)18-13-7)6-14-4-3-9(12(16)17)5-11(14)15/h3-5H,6H2,1-2H3,(H,16,17). The van der Waals surface area contributed by atoms with Crippen LogP contribution < -0.4 is 5.56 Å². The van der Waals surface area contributed by atoms with Gasteiger partial charge in [0.05, 0.1) is 17.8 Å². The van der Waals surface area contributed by atoms with Gasteiger partial charge in [-0.05, 0) is 19.9 Å². The molecule has 2 aromatic rings. The van der Waals surface area contributed by atoms with E-state index in [0.29, 0.717) is 12.3 Å². The number of carbonyl (C=O) groups is 1.